The fourth-order valence-electron chi connectivity index (χ4n) is 2.12. The number of carbonyl (C=O) groups excluding carboxylic acids is 1. The number of hydrogen-bond acceptors (Lipinski definition) is 1. The summed E-state index contributed by atoms with van der Waals surface area (Å²) in [5.74, 6) is 0.125. The Bertz CT molecular complexity index is 548. The van der Waals surface area contributed by atoms with Crippen molar-refractivity contribution in [3.63, 3.8) is 0 Å². The monoisotopic (exact) mass is 265 g/mol. The van der Waals surface area contributed by atoms with Crippen LogP contribution < -0.4 is 4.90 Å². The second-order valence-electron chi connectivity index (χ2n) is 4.61. The molecule has 2 nitrogen and oxygen atoms in total. The molecule has 0 aliphatic carbocycles. The van der Waals surface area contributed by atoms with Crippen LogP contribution in [0, 0.1) is 0 Å². The van der Waals surface area contributed by atoms with Crippen LogP contribution in [0.4, 0.5) is 5.69 Å². The van der Waals surface area contributed by atoms with Crippen LogP contribution in [0.5, 0.6) is 0 Å². The highest BCUT2D eigenvalue weighted by molar-refractivity contribution is 5.93. The van der Waals surface area contributed by atoms with E-state index in [0.29, 0.717) is 13.0 Å². The molecule has 102 valence electrons. The third kappa shape index (κ3) is 3.82. The molecule has 0 unspecified atom stereocenters. The fraction of sp³-hybridized carbons (Fsp3) is 0.167. The first-order chi connectivity index (χ1) is 9.81. The minimum atomic E-state index is 0.125. The molecule has 20 heavy (non-hydrogen) atoms. The third-order valence-electron chi connectivity index (χ3n) is 3.15. The van der Waals surface area contributed by atoms with Crippen molar-refractivity contribution in [3.05, 3.63) is 78.9 Å². The minimum Gasteiger partial charge on any atom is -0.309 e. The van der Waals surface area contributed by atoms with Gasteiger partial charge in [0.2, 0.25) is 5.91 Å². The van der Waals surface area contributed by atoms with Crippen molar-refractivity contribution in [2.24, 2.45) is 0 Å². The van der Waals surface area contributed by atoms with Crippen molar-refractivity contribution in [2.75, 3.05) is 11.4 Å². The van der Waals surface area contributed by atoms with Crippen LogP contribution in [0.2, 0.25) is 0 Å². The van der Waals surface area contributed by atoms with Gasteiger partial charge in [-0.1, -0.05) is 54.6 Å². The Balaban J connectivity index is 2.02. The van der Waals surface area contributed by atoms with Gasteiger partial charge in [0.15, 0.2) is 0 Å². The lowest BCUT2D eigenvalue weighted by molar-refractivity contribution is -0.118. The first-order valence-electron chi connectivity index (χ1n) is 6.81. The molecule has 0 atom stereocenters. The van der Waals surface area contributed by atoms with Crippen LogP contribution in [0.25, 0.3) is 0 Å². The Morgan fingerprint density at radius 3 is 2.20 bits per heavy atom. The molecule has 0 fully saturated rings. The Hall–Kier alpha value is -2.35. The Labute approximate surface area is 120 Å². The summed E-state index contributed by atoms with van der Waals surface area (Å²) >= 11 is 0. The van der Waals surface area contributed by atoms with Gasteiger partial charge >= 0.3 is 0 Å². The second kappa shape index (κ2) is 7.29. The normalized spacial score (nSPS) is 10.0. The molecular formula is C18H19NO. The number of benzene rings is 2. The molecule has 0 N–H and O–H groups in total. The third-order valence-corrected chi connectivity index (χ3v) is 3.15. The smallest absolute Gasteiger partial charge is 0.227 e. The van der Waals surface area contributed by atoms with E-state index in [1.165, 1.54) is 5.56 Å². The summed E-state index contributed by atoms with van der Waals surface area (Å²) in [5, 5.41) is 0. The number of amides is 1. The molecule has 0 aromatic heterocycles. The van der Waals surface area contributed by atoms with E-state index in [1.807, 2.05) is 60.7 Å². The Morgan fingerprint density at radius 1 is 1.00 bits per heavy atom. The van der Waals surface area contributed by atoms with Crippen molar-refractivity contribution >= 4 is 11.6 Å². The maximum Gasteiger partial charge on any atom is 0.227 e. The average molecular weight is 265 g/mol. The predicted molar refractivity (Wildman–Crippen MR) is 83.8 cm³/mol. The van der Waals surface area contributed by atoms with Gasteiger partial charge < -0.3 is 4.90 Å². The van der Waals surface area contributed by atoms with Gasteiger partial charge in [-0.2, -0.15) is 0 Å². The summed E-state index contributed by atoms with van der Waals surface area (Å²) < 4.78 is 0. The molecule has 0 radical (unpaired) electrons. The van der Waals surface area contributed by atoms with Crippen LogP contribution in [-0.2, 0) is 11.2 Å². The van der Waals surface area contributed by atoms with E-state index in [-0.39, 0.29) is 5.91 Å². The lowest BCUT2D eigenvalue weighted by atomic mass is 10.1. The van der Waals surface area contributed by atoms with Crippen molar-refractivity contribution in [2.45, 2.75) is 12.8 Å². The summed E-state index contributed by atoms with van der Waals surface area (Å²) in [6.45, 7) is 4.27. The molecular weight excluding hydrogens is 246 g/mol. The van der Waals surface area contributed by atoms with Gasteiger partial charge in [-0.05, 0) is 24.1 Å². The van der Waals surface area contributed by atoms with Gasteiger partial charge in [0.1, 0.15) is 0 Å². The van der Waals surface area contributed by atoms with Gasteiger partial charge in [-0.15, -0.1) is 6.58 Å². The molecule has 2 aromatic rings. The van der Waals surface area contributed by atoms with Gasteiger partial charge in [0.25, 0.3) is 0 Å². The molecule has 2 aromatic carbocycles. The minimum absolute atomic E-state index is 0.125. The molecule has 0 spiro atoms. The maximum absolute atomic E-state index is 12.4. The van der Waals surface area contributed by atoms with Crippen molar-refractivity contribution < 1.29 is 4.79 Å². The molecule has 2 heteroatoms. The SMILES string of the molecule is C=CCN(C(=O)CCc1ccccc1)c1ccccc1. The number of aryl methyl sites for hydroxylation is 1. The summed E-state index contributed by atoms with van der Waals surface area (Å²) in [4.78, 5) is 14.2. The number of hydrogen-bond donors (Lipinski definition) is 0. The maximum atomic E-state index is 12.4. The summed E-state index contributed by atoms with van der Waals surface area (Å²) in [6, 6.07) is 19.8. The van der Waals surface area contributed by atoms with Crippen LogP contribution >= 0.6 is 0 Å². The van der Waals surface area contributed by atoms with Gasteiger partial charge in [-0.3, -0.25) is 4.79 Å². The Morgan fingerprint density at radius 2 is 1.60 bits per heavy atom. The zero-order valence-electron chi connectivity index (χ0n) is 11.5. The zero-order chi connectivity index (χ0) is 14.2. The van der Waals surface area contributed by atoms with E-state index in [9.17, 15) is 4.79 Å². The van der Waals surface area contributed by atoms with Crippen molar-refractivity contribution in [1.29, 1.82) is 0 Å². The van der Waals surface area contributed by atoms with Gasteiger partial charge in [0, 0.05) is 18.7 Å². The highest BCUT2D eigenvalue weighted by Crippen LogP contribution is 2.15. The molecule has 0 saturated heterocycles. The number of rotatable bonds is 6. The highest BCUT2D eigenvalue weighted by Gasteiger charge is 2.13. The standard InChI is InChI=1S/C18H19NO/c1-2-15-19(17-11-7-4-8-12-17)18(20)14-13-16-9-5-3-6-10-16/h2-12H,1,13-15H2. The topological polar surface area (TPSA) is 20.3 Å². The van der Waals surface area contributed by atoms with E-state index in [0.717, 1.165) is 12.1 Å². The van der Waals surface area contributed by atoms with E-state index < -0.39 is 0 Å². The molecule has 0 saturated carbocycles. The lowest BCUT2D eigenvalue weighted by Gasteiger charge is -2.21. The van der Waals surface area contributed by atoms with Crippen LogP contribution in [0.1, 0.15) is 12.0 Å². The Kier molecular flexibility index (Phi) is 5.13. The van der Waals surface area contributed by atoms with Crippen LogP contribution in [0.15, 0.2) is 73.3 Å². The van der Waals surface area contributed by atoms with Crippen LogP contribution in [-0.4, -0.2) is 12.5 Å². The van der Waals surface area contributed by atoms with Crippen LogP contribution in [0.3, 0.4) is 0 Å². The predicted octanol–water partition coefficient (Wildman–Crippen LogP) is 3.84. The molecule has 0 aliphatic heterocycles. The number of carbonyl (C=O) groups is 1. The summed E-state index contributed by atoms with van der Waals surface area (Å²) in [6.07, 6.45) is 3.03. The van der Waals surface area contributed by atoms with E-state index in [4.69, 9.17) is 0 Å². The first-order valence-corrected chi connectivity index (χ1v) is 6.81. The fourth-order valence-corrected chi connectivity index (χ4v) is 2.12. The van der Waals surface area contributed by atoms with E-state index in [2.05, 4.69) is 6.58 Å². The zero-order valence-corrected chi connectivity index (χ0v) is 11.5. The molecule has 0 aliphatic rings. The molecule has 1 amide bonds. The highest BCUT2D eigenvalue weighted by atomic mass is 16.2. The molecule has 2 rings (SSSR count). The average Bonchev–Trinajstić information content (AvgIpc) is 2.52. The lowest BCUT2D eigenvalue weighted by Crippen LogP contribution is -2.31. The molecule has 0 heterocycles. The van der Waals surface area contributed by atoms with E-state index >= 15 is 0 Å². The van der Waals surface area contributed by atoms with Crippen molar-refractivity contribution in [3.8, 4) is 0 Å². The first kappa shape index (κ1) is 14.1. The van der Waals surface area contributed by atoms with Gasteiger partial charge in [0.05, 0.1) is 0 Å². The summed E-state index contributed by atoms with van der Waals surface area (Å²) in [7, 11) is 0. The largest absolute Gasteiger partial charge is 0.309 e. The quantitative estimate of drug-likeness (QED) is 0.727. The number of nitrogens with zero attached hydrogens (tertiary/aromatic N) is 1. The summed E-state index contributed by atoms with van der Waals surface area (Å²) in [5.41, 5.74) is 2.11. The second-order valence-corrected chi connectivity index (χ2v) is 4.61. The van der Waals surface area contributed by atoms with E-state index in [1.54, 1.807) is 11.0 Å². The van der Waals surface area contributed by atoms with Crippen molar-refractivity contribution in [1.82, 2.24) is 0 Å². The number of para-hydroxylation sites is 1. The number of anilines is 1. The van der Waals surface area contributed by atoms with Gasteiger partial charge in [-0.25, -0.2) is 0 Å². The molecule has 0 bridgehead atoms.